The maximum Gasteiger partial charge on any atom is 0.245 e. The van der Waals surface area contributed by atoms with Gasteiger partial charge in [0.1, 0.15) is 0 Å². The first kappa shape index (κ1) is 20.6. The van der Waals surface area contributed by atoms with E-state index in [1.54, 1.807) is 11.1 Å². The fourth-order valence-corrected chi connectivity index (χ4v) is 3.53. The third-order valence-electron chi connectivity index (χ3n) is 3.53. The number of aromatic nitrogens is 1. The molecule has 1 atom stereocenters. The highest BCUT2D eigenvalue weighted by Gasteiger charge is 2.22. The van der Waals surface area contributed by atoms with Crippen molar-refractivity contribution < 1.29 is 9.59 Å². The second-order valence-corrected chi connectivity index (χ2v) is 8.95. The third-order valence-corrected chi connectivity index (χ3v) is 4.36. The zero-order valence-electron chi connectivity index (χ0n) is 15.8. The normalized spacial score (nSPS) is 12.8. The number of aryl methyl sites for hydroxylation is 1. The molecule has 1 unspecified atom stereocenters. The lowest BCUT2D eigenvalue weighted by atomic mass is 9.84. The van der Waals surface area contributed by atoms with E-state index in [1.807, 2.05) is 13.8 Å². The number of hydrogen-bond acceptors (Lipinski definition) is 4. The molecule has 0 aliphatic carbocycles. The molecule has 0 bridgehead atoms. The Morgan fingerprint density at radius 2 is 2.04 bits per heavy atom. The van der Waals surface area contributed by atoms with E-state index >= 15 is 0 Å². The highest BCUT2D eigenvalue weighted by Crippen LogP contribution is 2.26. The van der Waals surface area contributed by atoms with Crippen molar-refractivity contribution in [2.24, 2.45) is 11.3 Å². The number of carbonyl (C=O) groups excluding carboxylic acids is 2. The highest BCUT2D eigenvalue weighted by molar-refractivity contribution is 7.15. The fourth-order valence-electron chi connectivity index (χ4n) is 2.85. The van der Waals surface area contributed by atoms with Gasteiger partial charge in [-0.25, -0.2) is 4.98 Å². The molecule has 2 amide bonds. The minimum absolute atomic E-state index is 0.0547. The van der Waals surface area contributed by atoms with Crippen molar-refractivity contribution in [3.05, 3.63) is 11.1 Å². The molecule has 0 radical (unpaired) electrons. The Morgan fingerprint density at radius 1 is 1.38 bits per heavy atom. The van der Waals surface area contributed by atoms with E-state index in [2.05, 4.69) is 38.0 Å². The van der Waals surface area contributed by atoms with Crippen LogP contribution in [0.15, 0.2) is 6.20 Å². The quantitative estimate of drug-likeness (QED) is 0.765. The second kappa shape index (κ2) is 9.16. The van der Waals surface area contributed by atoms with E-state index in [1.165, 1.54) is 11.3 Å². The van der Waals surface area contributed by atoms with Crippen LogP contribution in [0.3, 0.4) is 0 Å². The van der Waals surface area contributed by atoms with Gasteiger partial charge < -0.3 is 10.2 Å². The summed E-state index contributed by atoms with van der Waals surface area (Å²) < 4.78 is 0. The lowest BCUT2D eigenvalue weighted by Crippen LogP contribution is -2.39. The number of amides is 2. The summed E-state index contributed by atoms with van der Waals surface area (Å²) in [5, 5.41) is 3.36. The summed E-state index contributed by atoms with van der Waals surface area (Å²) in [6.45, 7) is 13.3. The number of nitrogens with one attached hydrogen (secondary N) is 1. The van der Waals surface area contributed by atoms with Crippen molar-refractivity contribution in [3.63, 3.8) is 0 Å². The molecule has 1 N–H and O–H groups in total. The van der Waals surface area contributed by atoms with Gasteiger partial charge >= 0.3 is 0 Å². The van der Waals surface area contributed by atoms with Crippen LogP contribution in [0.25, 0.3) is 0 Å². The van der Waals surface area contributed by atoms with Crippen LogP contribution in [0.1, 0.15) is 58.8 Å². The van der Waals surface area contributed by atoms with Crippen molar-refractivity contribution in [1.29, 1.82) is 0 Å². The summed E-state index contributed by atoms with van der Waals surface area (Å²) in [6.07, 6.45) is 4.04. The molecule has 5 nitrogen and oxygen atoms in total. The van der Waals surface area contributed by atoms with Crippen LogP contribution < -0.4 is 5.32 Å². The van der Waals surface area contributed by atoms with Crippen molar-refractivity contribution in [1.82, 2.24) is 9.88 Å². The maximum atomic E-state index is 12.6. The van der Waals surface area contributed by atoms with Crippen molar-refractivity contribution in [2.75, 3.05) is 18.4 Å². The van der Waals surface area contributed by atoms with Gasteiger partial charge in [0.05, 0.1) is 6.54 Å². The van der Waals surface area contributed by atoms with E-state index in [9.17, 15) is 9.59 Å². The molecule has 0 fully saturated rings. The molecule has 24 heavy (non-hydrogen) atoms. The van der Waals surface area contributed by atoms with Gasteiger partial charge in [-0.1, -0.05) is 34.6 Å². The number of carbonyl (C=O) groups is 2. The van der Waals surface area contributed by atoms with Gasteiger partial charge in [-0.05, 0) is 31.1 Å². The molecule has 1 aromatic heterocycles. The molecule has 0 aliphatic heterocycles. The largest absolute Gasteiger partial charge is 0.333 e. The topological polar surface area (TPSA) is 62.3 Å². The van der Waals surface area contributed by atoms with Gasteiger partial charge in [-0.3, -0.25) is 9.59 Å². The molecule has 0 aromatic carbocycles. The molecule has 1 heterocycles. The molecule has 1 aromatic rings. The number of anilines is 1. The molecule has 0 saturated carbocycles. The summed E-state index contributed by atoms with van der Waals surface area (Å²) in [6, 6.07) is 0. The monoisotopic (exact) mass is 353 g/mol. The average molecular weight is 354 g/mol. The van der Waals surface area contributed by atoms with Gasteiger partial charge in [-0.2, -0.15) is 0 Å². The summed E-state index contributed by atoms with van der Waals surface area (Å²) in [7, 11) is 0. The molecule has 0 saturated heterocycles. The van der Waals surface area contributed by atoms with Gasteiger partial charge in [0.15, 0.2) is 5.13 Å². The Balaban J connectivity index is 2.58. The number of thiazole rings is 1. The van der Waals surface area contributed by atoms with E-state index in [4.69, 9.17) is 0 Å². The van der Waals surface area contributed by atoms with Crippen LogP contribution >= 0.6 is 11.3 Å². The smallest absolute Gasteiger partial charge is 0.245 e. The number of nitrogens with zero attached hydrogens (tertiary/aromatic N) is 2. The molecular weight excluding hydrogens is 322 g/mol. The van der Waals surface area contributed by atoms with Crippen LogP contribution in [0.5, 0.6) is 0 Å². The standard InChI is InChI=1S/C18H31N3O2S/c1-7-8-21(16(23)9-13(2)10-18(4,5)6)12-15(22)20-17-19-11-14(3)24-17/h11,13H,7-10,12H2,1-6H3,(H,19,20,22). The Bertz CT molecular complexity index is 549. The summed E-state index contributed by atoms with van der Waals surface area (Å²) in [5.41, 5.74) is 0.204. The number of rotatable bonds is 8. The number of hydrogen-bond donors (Lipinski definition) is 1. The first-order valence-corrected chi connectivity index (χ1v) is 9.42. The van der Waals surface area contributed by atoms with Crippen molar-refractivity contribution >= 4 is 28.3 Å². The molecule has 6 heteroatoms. The molecule has 0 aliphatic rings. The molecular formula is C18H31N3O2S. The van der Waals surface area contributed by atoms with E-state index in [0.29, 0.717) is 24.0 Å². The fraction of sp³-hybridized carbons (Fsp3) is 0.722. The zero-order valence-corrected chi connectivity index (χ0v) is 16.6. The Hall–Kier alpha value is -1.43. The SMILES string of the molecule is CCCN(CC(=O)Nc1ncc(C)s1)C(=O)CC(C)CC(C)(C)C. The van der Waals surface area contributed by atoms with Gasteiger partial charge in [0.25, 0.3) is 0 Å². The molecule has 136 valence electrons. The van der Waals surface area contributed by atoms with Gasteiger partial charge in [0, 0.05) is 24.0 Å². The van der Waals surface area contributed by atoms with Gasteiger partial charge in [0.2, 0.25) is 11.8 Å². The van der Waals surface area contributed by atoms with Crippen molar-refractivity contribution in [2.45, 2.75) is 60.8 Å². The Morgan fingerprint density at radius 3 is 2.54 bits per heavy atom. The predicted octanol–water partition coefficient (Wildman–Crippen LogP) is 4.09. The Labute approximate surface area is 149 Å². The van der Waals surface area contributed by atoms with Crippen LogP contribution in [0, 0.1) is 18.3 Å². The summed E-state index contributed by atoms with van der Waals surface area (Å²) >= 11 is 1.44. The minimum atomic E-state index is -0.186. The van der Waals surface area contributed by atoms with Gasteiger partial charge in [-0.15, -0.1) is 11.3 Å². The Kier molecular flexibility index (Phi) is 7.87. The molecule has 1 rings (SSSR count). The van der Waals surface area contributed by atoms with Crippen molar-refractivity contribution in [3.8, 4) is 0 Å². The van der Waals surface area contributed by atoms with Crippen LogP contribution in [0.2, 0.25) is 0 Å². The lowest BCUT2D eigenvalue weighted by molar-refractivity contribution is -0.135. The van der Waals surface area contributed by atoms with Crippen LogP contribution in [-0.4, -0.2) is 34.8 Å². The predicted molar refractivity (Wildman–Crippen MR) is 100 cm³/mol. The lowest BCUT2D eigenvalue weighted by Gasteiger charge is -2.26. The van der Waals surface area contributed by atoms with Crippen LogP contribution in [0.4, 0.5) is 5.13 Å². The first-order valence-electron chi connectivity index (χ1n) is 8.60. The maximum absolute atomic E-state index is 12.6. The van der Waals surface area contributed by atoms with Crippen LogP contribution in [-0.2, 0) is 9.59 Å². The third kappa shape index (κ3) is 7.90. The summed E-state index contributed by atoms with van der Waals surface area (Å²) in [5.74, 6) is 0.176. The summed E-state index contributed by atoms with van der Waals surface area (Å²) in [4.78, 5) is 31.6. The first-order chi connectivity index (χ1) is 11.1. The average Bonchev–Trinajstić information content (AvgIpc) is 2.81. The van der Waals surface area contributed by atoms with E-state index < -0.39 is 0 Å². The van der Waals surface area contributed by atoms with E-state index in [0.717, 1.165) is 17.7 Å². The highest BCUT2D eigenvalue weighted by atomic mass is 32.1. The molecule has 0 spiro atoms. The second-order valence-electron chi connectivity index (χ2n) is 7.71. The minimum Gasteiger partial charge on any atom is -0.333 e. The zero-order chi connectivity index (χ0) is 18.3. The van der Waals surface area contributed by atoms with E-state index in [-0.39, 0.29) is 23.8 Å².